The maximum Gasteiger partial charge on any atom is 0.266 e. The van der Waals surface area contributed by atoms with Crippen LogP contribution in [-0.4, -0.2) is 22.3 Å². The van der Waals surface area contributed by atoms with Gasteiger partial charge in [-0.05, 0) is 30.1 Å². The highest BCUT2D eigenvalue weighted by Crippen LogP contribution is 2.13. The molecular formula is C14H18N4OS. The summed E-state index contributed by atoms with van der Waals surface area (Å²) >= 11 is 1.76. The SMILES string of the molecule is CCN(Cc1ccc(C(=O)NN)cn1)Cc1cccs1. The number of thiophene rings is 1. The van der Waals surface area contributed by atoms with Crippen LogP contribution in [0, 0.1) is 0 Å². The van der Waals surface area contributed by atoms with Gasteiger partial charge in [0.1, 0.15) is 0 Å². The smallest absolute Gasteiger partial charge is 0.266 e. The molecule has 0 fully saturated rings. The number of nitrogens with one attached hydrogen (secondary N) is 1. The fourth-order valence-corrected chi connectivity index (χ4v) is 2.61. The van der Waals surface area contributed by atoms with E-state index in [0.717, 1.165) is 25.3 Å². The van der Waals surface area contributed by atoms with Gasteiger partial charge in [-0.2, -0.15) is 0 Å². The predicted octanol–water partition coefficient (Wildman–Crippen LogP) is 1.77. The second kappa shape index (κ2) is 7.14. The number of carbonyl (C=O) groups excluding carboxylic acids is 1. The predicted molar refractivity (Wildman–Crippen MR) is 80.0 cm³/mol. The Labute approximate surface area is 122 Å². The Morgan fingerprint density at radius 1 is 1.40 bits per heavy atom. The lowest BCUT2D eigenvalue weighted by Crippen LogP contribution is -2.30. The minimum absolute atomic E-state index is 0.324. The first kappa shape index (κ1) is 14.6. The Balaban J connectivity index is 1.98. The Morgan fingerprint density at radius 2 is 2.25 bits per heavy atom. The number of amides is 1. The van der Waals surface area contributed by atoms with E-state index in [4.69, 9.17) is 5.84 Å². The van der Waals surface area contributed by atoms with Gasteiger partial charge in [-0.15, -0.1) is 11.3 Å². The molecule has 2 aromatic heterocycles. The van der Waals surface area contributed by atoms with Gasteiger partial charge in [0.05, 0.1) is 11.3 Å². The molecule has 0 atom stereocenters. The number of pyridine rings is 1. The minimum Gasteiger partial charge on any atom is -0.293 e. The number of hydrogen-bond donors (Lipinski definition) is 2. The van der Waals surface area contributed by atoms with Crippen LogP contribution in [0.1, 0.15) is 27.9 Å². The summed E-state index contributed by atoms with van der Waals surface area (Å²) in [6.45, 7) is 4.76. The Hall–Kier alpha value is -1.76. The Kier molecular flexibility index (Phi) is 5.23. The molecule has 6 heteroatoms. The lowest BCUT2D eigenvalue weighted by atomic mass is 10.2. The van der Waals surface area contributed by atoms with Crippen molar-refractivity contribution in [2.24, 2.45) is 5.84 Å². The maximum absolute atomic E-state index is 11.3. The Morgan fingerprint density at radius 3 is 2.80 bits per heavy atom. The van der Waals surface area contributed by atoms with E-state index in [1.54, 1.807) is 23.6 Å². The van der Waals surface area contributed by atoms with Gasteiger partial charge in [-0.1, -0.05) is 13.0 Å². The number of aromatic nitrogens is 1. The maximum atomic E-state index is 11.3. The van der Waals surface area contributed by atoms with Gasteiger partial charge in [0.2, 0.25) is 0 Å². The van der Waals surface area contributed by atoms with E-state index >= 15 is 0 Å². The molecule has 2 heterocycles. The highest BCUT2D eigenvalue weighted by molar-refractivity contribution is 7.09. The number of hydrogen-bond acceptors (Lipinski definition) is 5. The van der Waals surface area contributed by atoms with Crippen LogP contribution in [0.3, 0.4) is 0 Å². The molecule has 2 aromatic rings. The average molecular weight is 290 g/mol. The molecule has 0 bridgehead atoms. The number of rotatable bonds is 6. The van der Waals surface area contributed by atoms with E-state index in [-0.39, 0.29) is 5.91 Å². The molecule has 106 valence electrons. The molecular weight excluding hydrogens is 272 g/mol. The number of nitrogens with zero attached hydrogens (tertiary/aromatic N) is 2. The van der Waals surface area contributed by atoms with Gasteiger partial charge >= 0.3 is 0 Å². The second-order valence-electron chi connectivity index (χ2n) is 4.39. The molecule has 20 heavy (non-hydrogen) atoms. The Bertz CT molecular complexity index is 539. The number of nitrogens with two attached hydrogens (primary N) is 1. The summed E-state index contributed by atoms with van der Waals surface area (Å²) in [6.07, 6.45) is 1.55. The summed E-state index contributed by atoms with van der Waals surface area (Å²) in [5.74, 6) is 4.76. The van der Waals surface area contributed by atoms with Crippen LogP contribution in [0.15, 0.2) is 35.8 Å². The summed E-state index contributed by atoms with van der Waals surface area (Å²) in [7, 11) is 0. The second-order valence-corrected chi connectivity index (χ2v) is 5.43. The molecule has 0 aliphatic heterocycles. The molecule has 1 amide bonds. The molecule has 0 saturated carbocycles. The van der Waals surface area contributed by atoms with Crippen LogP contribution in [0.5, 0.6) is 0 Å². The van der Waals surface area contributed by atoms with Crippen molar-refractivity contribution in [1.29, 1.82) is 0 Å². The van der Waals surface area contributed by atoms with E-state index in [2.05, 4.69) is 39.7 Å². The lowest BCUT2D eigenvalue weighted by Gasteiger charge is -2.19. The van der Waals surface area contributed by atoms with Crippen molar-refractivity contribution in [3.63, 3.8) is 0 Å². The topological polar surface area (TPSA) is 71.2 Å². The molecule has 0 aliphatic carbocycles. The van der Waals surface area contributed by atoms with Crippen LogP contribution in [0.4, 0.5) is 0 Å². The van der Waals surface area contributed by atoms with Gasteiger partial charge in [-0.25, -0.2) is 5.84 Å². The highest BCUT2D eigenvalue weighted by Gasteiger charge is 2.08. The average Bonchev–Trinajstić information content (AvgIpc) is 2.99. The molecule has 0 radical (unpaired) electrons. The summed E-state index contributed by atoms with van der Waals surface area (Å²) in [6, 6.07) is 7.80. The number of nitrogen functional groups attached to an aromatic ring is 1. The van der Waals surface area contributed by atoms with Crippen molar-refractivity contribution in [3.05, 3.63) is 52.0 Å². The van der Waals surface area contributed by atoms with Gasteiger partial charge in [-0.3, -0.25) is 20.1 Å². The highest BCUT2D eigenvalue weighted by atomic mass is 32.1. The van der Waals surface area contributed by atoms with E-state index in [9.17, 15) is 4.79 Å². The van der Waals surface area contributed by atoms with Crippen LogP contribution in [-0.2, 0) is 13.1 Å². The number of hydrazine groups is 1. The fraction of sp³-hybridized carbons (Fsp3) is 0.286. The van der Waals surface area contributed by atoms with Crippen LogP contribution in [0.2, 0.25) is 0 Å². The standard InChI is InChI=1S/C14H18N4OS/c1-2-18(10-13-4-3-7-20-13)9-12-6-5-11(8-16-12)14(19)17-15/h3-8H,2,9-10,15H2,1H3,(H,17,19). The first-order valence-electron chi connectivity index (χ1n) is 6.43. The molecule has 0 saturated heterocycles. The zero-order valence-corrected chi connectivity index (χ0v) is 12.2. The van der Waals surface area contributed by atoms with Crippen molar-refractivity contribution >= 4 is 17.2 Å². The van der Waals surface area contributed by atoms with Gasteiger partial charge in [0, 0.05) is 24.2 Å². The zero-order chi connectivity index (χ0) is 14.4. The normalized spacial score (nSPS) is 10.8. The molecule has 0 unspecified atom stereocenters. The van der Waals surface area contributed by atoms with Gasteiger partial charge in [0.15, 0.2) is 0 Å². The van der Waals surface area contributed by atoms with Gasteiger partial charge in [0.25, 0.3) is 5.91 Å². The minimum atomic E-state index is -0.324. The number of carbonyl (C=O) groups is 1. The molecule has 5 nitrogen and oxygen atoms in total. The lowest BCUT2D eigenvalue weighted by molar-refractivity contribution is 0.0953. The third-order valence-electron chi connectivity index (χ3n) is 3.01. The largest absolute Gasteiger partial charge is 0.293 e. The molecule has 2 rings (SSSR count). The summed E-state index contributed by atoms with van der Waals surface area (Å²) in [5.41, 5.74) is 3.51. The van der Waals surface area contributed by atoms with Crippen molar-refractivity contribution < 1.29 is 4.79 Å². The van der Waals surface area contributed by atoms with Crippen LogP contribution in [0.25, 0.3) is 0 Å². The molecule has 0 spiro atoms. The van der Waals surface area contributed by atoms with Crippen molar-refractivity contribution in [2.45, 2.75) is 20.0 Å². The molecule has 3 N–H and O–H groups in total. The molecule has 0 aliphatic rings. The third kappa shape index (κ3) is 3.86. The van der Waals surface area contributed by atoms with E-state index in [1.165, 1.54) is 4.88 Å². The van der Waals surface area contributed by atoms with Crippen LogP contribution >= 0.6 is 11.3 Å². The zero-order valence-electron chi connectivity index (χ0n) is 11.4. The third-order valence-corrected chi connectivity index (χ3v) is 3.87. The van der Waals surface area contributed by atoms with Crippen molar-refractivity contribution in [2.75, 3.05) is 6.54 Å². The van der Waals surface area contributed by atoms with Gasteiger partial charge < -0.3 is 0 Å². The van der Waals surface area contributed by atoms with E-state index in [0.29, 0.717) is 5.56 Å². The summed E-state index contributed by atoms with van der Waals surface area (Å²) < 4.78 is 0. The fourth-order valence-electron chi connectivity index (χ4n) is 1.87. The first-order valence-corrected chi connectivity index (χ1v) is 7.31. The summed E-state index contributed by atoms with van der Waals surface area (Å²) in [5, 5.41) is 2.08. The van der Waals surface area contributed by atoms with E-state index in [1.807, 2.05) is 6.07 Å². The summed E-state index contributed by atoms with van der Waals surface area (Å²) in [4.78, 5) is 19.3. The van der Waals surface area contributed by atoms with Crippen LogP contribution < -0.4 is 11.3 Å². The monoisotopic (exact) mass is 290 g/mol. The van der Waals surface area contributed by atoms with Crippen molar-refractivity contribution in [1.82, 2.24) is 15.3 Å². The quantitative estimate of drug-likeness (QED) is 0.483. The first-order chi connectivity index (χ1) is 9.72. The van der Waals surface area contributed by atoms with Crippen molar-refractivity contribution in [3.8, 4) is 0 Å². The molecule has 0 aromatic carbocycles. The van der Waals surface area contributed by atoms with E-state index < -0.39 is 0 Å².